The quantitative estimate of drug-likeness (QED) is 0.794. The molecule has 3 aromatic rings. The molecule has 25 heavy (non-hydrogen) atoms. The minimum atomic E-state index is -0.170. The number of morpholine rings is 1. The van der Waals surface area contributed by atoms with Crippen LogP contribution in [0.2, 0.25) is 0 Å². The SMILES string of the molecule is Cc1nc([C@H]2CN(Cc3ccc4ncccc4c3)CCO2)cc(=O)[nH]1. The zero-order valence-electron chi connectivity index (χ0n) is 14.1. The van der Waals surface area contributed by atoms with Crippen LogP contribution in [0.1, 0.15) is 23.2 Å². The first-order valence-corrected chi connectivity index (χ1v) is 8.43. The van der Waals surface area contributed by atoms with Crippen LogP contribution >= 0.6 is 0 Å². The topological polar surface area (TPSA) is 71.1 Å². The first kappa shape index (κ1) is 15.9. The Labute approximate surface area is 145 Å². The number of fused-ring (bicyclic) bond motifs is 1. The second kappa shape index (κ2) is 6.74. The van der Waals surface area contributed by atoms with E-state index in [4.69, 9.17) is 4.74 Å². The van der Waals surface area contributed by atoms with Gasteiger partial charge in [0.25, 0.3) is 5.56 Å². The van der Waals surface area contributed by atoms with E-state index in [1.54, 1.807) is 6.92 Å². The highest BCUT2D eigenvalue weighted by Gasteiger charge is 2.23. The fourth-order valence-electron chi connectivity index (χ4n) is 3.27. The van der Waals surface area contributed by atoms with Gasteiger partial charge in [0.1, 0.15) is 11.9 Å². The van der Waals surface area contributed by atoms with Gasteiger partial charge in [-0.1, -0.05) is 12.1 Å². The van der Waals surface area contributed by atoms with Gasteiger partial charge >= 0.3 is 0 Å². The van der Waals surface area contributed by atoms with E-state index in [0.717, 1.165) is 30.5 Å². The van der Waals surface area contributed by atoms with Gasteiger partial charge in [-0.3, -0.25) is 14.7 Å². The van der Waals surface area contributed by atoms with Gasteiger partial charge < -0.3 is 9.72 Å². The van der Waals surface area contributed by atoms with Crippen molar-refractivity contribution in [2.45, 2.75) is 19.6 Å². The predicted molar refractivity (Wildman–Crippen MR) is 95.3 cm³/mol. The Hall–Kier alpha value is -2.57. The van der Waals surface area contributed by atoms with Crippen molar-refractivity contribution in [1.82, 2.24) is 19.9 Å². The summed E-state index contributed by atoms with van der Waals surface area (Å²) in [6.07, 6.45) is 1.64. The van der Waals surface area contributed by atoms with Crippen LogP contribution in [0.3, 0.4) is 0 Å². The van der Waals surface area contributed by atoms with Crippen LogP contribution in [-0.2, 0) is 11.3 Å². The maximum Gasteiger partial charge on any atom is 0.251 e. The molecule has 1 aliphatic rings. The molecule has 2 aromatic heterocycles. The summed E-state index contributed by atoms with van der Waals surface area (Å²) in [5, 5.41) is 1.15. The second-order valence-corrected chi connectivity index (χ2v) is 6.38. The van der Waals surface area contributed by atoms with E-state index in [1.807, 2.05) is 12.3 Å². The molecule has 3 heterocycles. The minimum Gasteiger partial charge on any atom is -0.369 e. The number of ether oxygens (including phenoxy) is 1. The molecule has 0 saturated carbocycles. The first-order valence-electron chi connectivity index (χ1n) is 8.43. The Morgan fingerprint density at radius 2 is 2.24 bits per heavy atom. The number of rotatable bonds is 3. The molecule has 1 fully saturated rings. The maximum absolute atomic E-state index is 11.7. The third kappa shape index (κ3) is 3.60. The lowest BCUT2D eigenvalue weighted by Crippen LogP contribution is -2.38. The summed E-state index contributed by atoms with van der Waals surface area (Å²) in [6.45, 7) is 4.85. The molecule has 6 heteroatoms. The third-order valence-corrected chi connectivity index (χ3v) is 4.43. The van der Waals surface area contributed by atoms with Crippen LogP contribution in [-0.4, -0.2) is 39.5 Å². The highest BCUT2D eigenvalue weighted by Crippen LogP contribution is 2.22. The number of nitrogens with one attached hydrogen (secondary N) is 1. The molecule has 0 unspecified atom stereocenters. The normalized spacial score (nSPS) is 18.5. The van der Waals surface area contributed by atoms with Crippen molar-refractivity contribution in [2.24, 2.45) is 0 Å². The number of benzene rings is 1. The molecular formula is C19H20N4O2. The molecule has 0 bridgehead atoms. The molecule has 6 nitrogen and oxygen atoms in total. The molecule has 1 aliphatic heterocycles. The van der Waals surface area contributed by atoms with E-state index < -0.39 is 0 Å². The van der Waals surface area contributed by atoms with Crippen LogP contribution in [0.5, 0.6) is 0 Å². The number of pyridine rings is 1. The van der Waals surface area contributed by atoms with Crippen molar-refractivity contribution in [3.8, 4) is 0 Å². The molecular weight excluding hydrogens is 316 g/mol. The second-order valence-electron chi connectivity index (χ2n) is 6.38. The summed E-state index contributed by atoms with van der Waals surface area (Å²) in [7, 11) is 0. The molecule has 0 spiro atoms. The smallest absolute Gasteiger partial charge is 0.251 e. The summed E-state index contributed by atoms with van der Waals surface area (Å²) in [6, 6.07) is 11.9. The number of aromatic nitrogens is 3. The molecule has 128 valence electrons. The van der Waals surface area contributed by atoms with Crippen LogP contribution in [0, 0.1) is 6.92 Å². The van der Waals surface area contributed by atoms with Gasteiger partial charge in [-0.15, -0.1) is 0 Å². The molecule has 1 aromatic carbocycles. The summed E-state index contributed by atoms with van der Waals surface area (Å²) in [4.78, 5) is 25.5. The number of aromatic amines is 1. The number of hydrogen-bond donors (Lipinski definition) is 1. The highest BCUT2D eigenvalue weighted by molar-refractivity contribution is 5.78. The fourth-order valence-corrected chi connectivity index (χ4v) is 3.27. The molecule has 4 rings (SSSR count). The number of H-pyrrole nitrogens is 1. The standard InChI is InChI=1S/C19H20N4O2/c1-13-21-17(10-19(24)22-13)18-12-23(7-8-25-18)11-14-4-5-16-15(9-14)3-2-6-20-16/h2-6,9-10,18H,7-8,11-12H2,1H3,(H,21,22,24)/t18-/m1/s1. The molecule has 0 radical (unpaired) electrons. The summed E-state index contributed by atoms with van der Waals surface area (Å²) >= 11 is 0. The third-order valence-electron chi connectivity index (χ3n) is 4.43. The van der Waals surface area contributed by atoms with E-state index in [1.165, 1.54) is 11.6 Å². The molecule has 0 aliphatic carbocycles. The Morgan fingerprint density at radius 1 is 1.32 bits per heavy atom. The lowest BCUT2D eigenvalue weighted by molar-refractivity contribution is -0.0351. The van der Waals surface area contributed by atoms with E-state index >= 15 is 0 Å². The molecule has 1 N–H and O–H groups in total. The highest BCUT2D eigenvalue weighted by atomic mass is 16.5. The Morgan fingerprint density at radius 3 is 3.12 bits per heavy atom. The van der Waals surface area contributed by atoms with Crippen molar-refractivity contribution in [3.05, 3.63) is 70.0 Å². The largest absolute Gasteiger partial charge is 0.369 e. The number of hydrogen-bond acceptors (Lipinski definition) is 5. The fraction of sp³-hybridized carbons (Fsp3) is 0.316. The summed E-state index contributed by atoms with van der Waals surface area (Å²) in [5.41, 5.74) is 2.82. The predicted octanol–water partition coefficient (Wildman–Crippen LogP) is 2.20. The minimum absolute atomic E-state index is 0.134. The van der Waals surface area contributed by atoms with E-state index in [-0.39, 0.29) is 11.7 Å². The van der Waals surface area contributed by atoms with Crippen LogP contribution in [0.4, 0.5) is 0 Å². The average Bonchev–Trinajstić information content (AvgIpc) is 2.61. The summed E-state index contributed by atoms with van der Waals surface area (Å²) < 4.78 is 5.85. The van der Waals surface area contributed by atoms with Gasteiger partial charge in [-0.2, -0.15) is 0 Å². The Kier molecular flexibility index (Phi) is 4.29. The van der Waals surface area contributed by atoms with Crippen LogP contribution in [0.25, 0.3) is 10.9 Å². The van der Waals surface area contributed by atoms with Crippen LogP contribution < -0.4 is 5.56 Å². The Bertz CT molecular complexity index is 953. The average molecular weight is 336 g/mol. The van der Waals surface area contributed by atoms with Crippen molar-refractivity contribution in [3.63, 3.8) is 0 Å². The van der Waals surface area contributed by atoms with Crippen molar-refractivity contribution in [2.75, 3.05) is 19.7 Å². The van der Waals surface area contributed by atoms with Gasteiger partial charge in [0, 0.05) is 37.3 Å². The van der Waals surface area contributed by atoms with Gasteiger partial charge in [0.15, 0.2) is 0 Å². The van der Waals surface area contributed by atoms with Crippen molar-refractivity contribution in [1.29, 1.82) is 0 Å². The monoisotopic (exact) mass is 336 g/mol. The zero-order chi connectivity index (χ0) is 17.2. The van der Waals surface area contributed by atoms with Gasteiger partial charge in [0.05, 0.1) is 17.8 Å². The first-order chi connectivity index (χ1) is 12.2. The lowest BCUT2D eigenvalue weighted by atomic mass is 10.1. The van der Waals surface area contributed by atoms with Crippen molar-refractivity contribution >= 4 is 10.9 Å². The van der Waals surface area contributed by atoms with Gasteiger partial charge in [-0.25, -0.2) is 4.98 Å². The number of aryl methyl sites for hydroxylation is 1. The molecule has 1 saturated heterocycles. The van der Waals surface area contributed by atoms with E-state index in [9.17, 15) is 4.79 Å². The van der Waals surface area contributed by atoms with Gasteiger partial charge in [0.2, 0.25) is 0 Å². The number of nitrogens with zero attached hydrogens (tertiary/aromatic N) is 3. The van der Waals surface area contributed by atoms with E-state index in [2.05, 4.69) is 44.1 Å². The maximum atomic E-state index is 11.7. The van der Waals surface area contributed by atoms with Crippen molar-refractivity contribution < 1.29 is 4.74 Å². The lowest BCUT2D eigenvalue weighted by Gasteiger charge is -2.32. The molecule has 1 atom stereocenters. The van der Waals surface area contributed by atoms with Gasteiger partial charge in [-0.05, 0) is 30.7 Å². The molecule has 0 amide bonds. The summed E-state index contributed by atoms with van der Waals surface area (Å²) in [5.74, 6) is 0.616. The van der Waals surface area contributed by atoms with E-state index in [0.29, 0.717) is 18.1 Å². The zero-order valence-corrected chi connectivity index (χ0v) is 14.1. The Balaban J connectivity index is 1.51. The van der Waals surface area contributed by atoms with Crippen LogP contribution in [0.15, 0.2) is 47.4 Å².